The summed E-state index contributed by atoms with van der Waals surface area (Å²) < 4.78 is 5.41. The molecule has 0 radical (unpaired) electrons. The average Bonchev–Trinajstić information content (AvgIpc) is 3.25. The minimum absolute atomic E-state index is 0.0755. The van der Waals surface area contributed by atoms with Crippen LogP contribution in [-0.4, -0.2) is 36.9 Å². The van der Waals surface area contributed by atoms with E-state index in [4.69, 9.17) is 4.74 Å². The van der Waals surface area contributed by atoms with E-state index in [1.165, 1.54) is 11.1 Å². The first kappa shape index (κ1) is 22.6. The third-order valence-corrected chi connectivity index (χ3v) is 5.88. The quantitative estimate of drug-likeness (QED) is 0.520. The maximum atomic E-state index is 12.6. The fourth-order valence-corrected chi connectivity index (χ4v) is 4.24. The maximum Gasteiger partial charge on any atom is 0.255 e. The van der Waals surface area contributed by atoms with E-state index in [1.807, 2.05) is 26.1 Å². The molecule has 4 rings (SSSR count). The van der Waals surface area contributed by atoms with Gasteiger partial charge in [0.2, 0.25) is 5.91 Å². The number of amides is 2. The molecule has 6 nitrogen and oxygen atoms in total. The van der Waals surface area contributed by atoms with Gasteiger partial charge >= 0.3 is 0 Å². The van der Waals surface area contributed by atoms with Crippen LogP contribution in [0.3, 0.4) is 0 Å². The highest BCUT2D eigenvalue weighted by Gasteiger charge is 2.26. The van der Waals surface area contributed by atoms with Crippen molar-refractivity contribution >= 4 is 23.2 Å². The topological polar surface area (TPSA) is 70.7 Å². The molecule has 0 fully saturated rings. The number of nitrogens with zero attached hydrogens (tertiary/aromatic N) is 1. The molecule has 3 aromatic carbocycles. The Morgan fingerprint density at radius 3 is 2.33 bits per heavy atom. The van der Waals surface area contributed by atoms with E-state index >= 15 is 0 Å². The van der Waals surface area contributed by atoms with Crippen molar-refractivity contribution < 1.29 is 14.3 Å². The van der Waals surface area contributed by atoms with E-state index in [-0.39, 0.29) is 17.9 Å². The Hall–Kier alpha value is -3.64. The predicted molar refractivity (Wildman–Crippen MR) is 131 cm³/mol. The molecule has 0 heterocycles. The number of ether oxygens (including phenoxy) is 1. The van der Waals surface area contributed by atoms with E-state index in [2.05, 4.69) is 39.8 Å². The SMILES string of the molecule is CCOc1ccc(NC(=O)c2ccc(NC(=O)CN(C)C3CCc4ccccc43)cc2)cc1. The maximum absolute atomic E-state index is 12.6. The zero-order valence-corrected chi connectivity index (χ0v) is 19.0. The second-order valence-electron chi connectivity index (χ2n) is 8.21. The van der Waals surface area contributed by atoms with Crippen molar-refractivity contribution in [2.75, 3.05) is 30.8 Å². The molecule has 33 heavy (non-hydrogen) atoms. The molecule has 1 aliphatic rings. The molecule has 6 heteroatoms. The van der Waals surface area contributed by atoms with E-state index in [0.29, 0.717) is 30.1 Å². The first-order valence-corrected chi connectivity index (χ1v) is 11.3. The summed E-state index contributed by atoms with van der Waals surface area (Å²) in [5, 5.41) is 5.79. The molecule has 1 atom stereocenters. The molecule has 0 bridgehead atoms. The van der Waals surface area contributed by atoms with Crippen LogP contribution in [0.25, 0.3) is 0 Å². The molecule has 170 valence electrons. The van der Waals surface area contributed by atoms with Crippen molar-refractivity contribution in [3.05, 3.63) is 89.5 Å². The van der Waals surface area contributed by atoms with Crippen LogP contribution in [-0.2, 0) is 11.2 Å². The second kappa shape index (κ2) is 10.3. The molecule has 1 unspecified atom stereocenters. The van der Waals surface area contributed by atoms with Gasteiger partial charge in [0, 0.05) is 23.0 Å². The van der Waals surface area contributed by atoms with Crippen molar-refractivity contribution in [3.63, 3.8) is 0 Å². The monoisotopic (exact) mass is 443 g/mol. The normalized spacial score (nSPS) is 14.6. The Morgan fingerprint density at radius 2 is 1.61 bits per heavy atom. The van der Waals surface area contributed by atoms with Crippen molar-refractivity contribution in [2.45, 2.75) is 25.8 Å². The van der Waals surface area contributed by atoms with Gasteiger partial charge in [0.1, 0.15) is 5.75 Å². The summed E-state index contributed by atoms with van der Waals surface area (Å²) in [6.07, 6.45) is 2.08. The predicted octanol–water partition coefficient (Wildman–Crippen LogP) is 4.90. The Kier molecular flexibility index (Phi) is 7.05. The lowest BCUT2D eigenvalue weighted by Crippen LogP contribution is -2.32. The number of fused-ring (bicyclic) bond motifs is 1. The fraction of sp³-hybridized carbons (Fsp3) is 0.259. The standard InChI is InChI=1S/C27H29N3O3/c1-3-33-23-15-13-22(14-16-23)29-27(32)20-8-11-21(12-9-20)28-26(31)18-30(2)25-17-10-19-6-4-5-7-24(19)25/h4-9,11-16,25H,3,10,17-18H2,1-2H3,(H,28,31)(H,29,32). The van der Waals surface area contributed by atoms with Crippen LogP contribution in [0.15, 0.2) is 72.8 Å². The average molecular weight is 444 g/mol. The molecule has 0 aromatic heterocycles. The largest absolute Gasteiger partial charge is 0.494 e. The van der Waals surface area contributed by atoms with E-state index in [1.54, 1.807) is 36.4 Å². The minimum Gasteiger partial charge on any atom is -0.494 e. The van der Waals surface area contributed by atoms with E-state index < -0.39 is 0 Å². The summed E-state index contributed by atoms with van der Waals surface area (Å²) in [4.78, 5) is 27.2. The molecular formula is C27H29N3O3. The first-order chi connectivity index (χ1) is 16.0. The molecule has 1 aliphatic carbocycles. The Bertz CT molecular complexity index is 1110. The molecule has 0 saturated heterocycles. The lowest BCUT2D eigenvalue weighted by Gasteiger charge is -2.24. The summed E-state index contributed by atoms with van der Waals surface area (Å²) in [6, 6.07) is 22.8. The van der Waals surface area contributed by atoms with Crippen LogP contribution in [0.5, 0.6) is 5.75 Å². The molecular weight excluding hydrogens is 414 g/mol. The summed E-state index contributed by atoms with van der Waals surface area (Å²) in [5.74, 6) is 0.475. The van der Waals surface area contributed by atoms with Gasteiger partial charge in [0.05, 0.1) is 13.2 Å². The number of likely N-dealkylation sites (N-methyl/N-ethyl adjacent to an activating group) is 1. The number of anilines is 2. The van der Waals surface area contributed by atoms with Gasteiger partial charge in [-0.2, -0.15) is 0 Å². The highest BCUT2D eigenvalue weighted by molar-refractivity contribution is 6.04. The smallest absolute Gasteiger partial charge is 0.255 e. The summed E-state index contributed by atoms with van der Waals surface area (Å²) in [6.45, 7) is 2.83. The van der Waals surface area contributed by atoms with Gasteiger partial charge in [0.25, 0.3) is 5.91 Å². The highest BCUT2D eigenvalue weighted by atomic mass is 16.5. The van der Waals surface area contributed by atoms with Crippen molar-refractivity contribution in [3.8, 4) is 5.75 Å². The Labute approximate surface area is 194 Å². The third-order valence-electron chi connectivity index (χ3n) is 5.88. The number of aryl methyl sites for hydroxylation is 1. The summed E-state index contributed by atoms with van der Waals surface area (Å²) in [7, 11) is 1.99. The number of carbonyl (C=O) groups is 2. The van der Waals surface area contributed by atoms with Gasteiger partial charge in [-0.15, -0.1) is 0 Å². The number of hydrogen-bond acceptors (Lipinski definition) is 4. The zero-order chi connectivity index (χ0) is 23.2. The Balaban J connectivity index is 1.30. The van der Waals surface area contributed by atoms with Crippen molar-refractivity contribution in [1.82, 2.24) is 4.90 Å². The summed E-state index contributed by atoms with van der Waals surface area (Å²) >= 11 is 0. The third kappa shape index (κ3) is 5.59. The number of rotatable bonds is 8. The molecule has 0 aliphatic heterocycles. The second-order valence-corrected chi connectivity index (χ2v) is 8.21. The molecule has 0 spiro atoms. The minimum atomic E-state index is -0.211. The molecule has 2 N–H and O–H groups in total. The lowest BCUT2D eigenvalue weighted by molar-refractivity contribution is -0.117. The van der Waals surface area contributed by atoms with Crippen LogP contribution in [0.4, 0.5) is 11.4 Å². The number of nitrogens with one attached hydrogen (secondary N) is 2. The van der Waals surface area contributed by atoms with Crippen LogP contribution in [0.1, 0.15) is 40.9 Å². The molecule has 0 saturated carbocycles. The first-order valence-electron chi connectivity index (χ1n) is 11.3. The molecule has 2 amide bonds. The van der Waals surface area contributed by atoms with Gasteiger partial charge < -0.3 is 15.4 Å². The van der Waals surface area contributed by atoms with Crippen molar-refractivity contribution in [1.29, 1.82) is 0 Å². The van der Waals surface area contributed by atoms with Gasteiger partial charge in [-0.25, -0.2) is 0 Å². The van der Waals surface area contributed by atoms with Crippen molar-refractivity contribution in [2.24, 2.45) is 0 Å². The van der Waals surface area contributed by atoms with Crippen LogP contribution < -0.4 is 15.4 Å². The van der Waals surface area contributed by atoms with Crippen LogP contribution >= 0.6 is 0 Å². The lowest BCUT2D eigenvalue weighted by atomic mass is 10.1. The Morgan fingerprint density at radius 1 is 0.939 bits per heavy atom. The van der Waals surface area contributed by atoms with Crippen LogP contribution in [0.2, 0.25) is 0 Å². The number of benzene rings is 3. The van der Waals surface area contributed by atoms with Gasteiger partial charge in [-0.1, -0.05) is 24.3 Å². The van der Waals surface area contributed by atoms with Gasteiger partial charge in [-0.3, -0.25) is 14.5 Å². The fourth-order valence-electron chi connectivity index (χ4n) is 4.24. The van der Waals surface area contributed by atoms with Gasteiger partial charge in [0.15, 0.2) is 0 Å². The van der Waals surface area contributed by atoms with Crippen LogP contribution in [0, 0.1) is 0 Å². The van der Waals surface area contributed by atoms with E-state index in [9.17, 15) is 9.59 Å². The number of hydrogen-bond donors (Lipinski definition) is 2. The van der Waals surface area contributed by atoms with E-state index in [0.717, 1.165) is 18.6 Å². The summed E-state index contributed by atoms with van der Waals surface area (Å²) in [5.41, 5.74) is 4.56. The highest BCUT2D eigenvalue weighted by Crippen LogP contribution is 2.34. The zero-order valence-electron chi connectivity index (χ0n) is 19.0. The van der Waals surface area contributed by atoms with Gasteiger partial charge in [-0.05, 0) is 86.5 Å². The molecule has 3 aromatic rings. The number of carbonyl (C=O) groups excluding carboxylic acids is 2.